The third kappa shape index (κ3) is 3.73. The van der Waals surface area contributed by atoms with E-state index in [0.29, 0.717) is 11.4 Å². The van der Waals surface area contributed by atoms with Crippen LogP contribution in [0.25, 0.3) is 0 Å². The summed E-state index contributed by atoms with van der Waals surface area (Å²) in [5, 5.41) is 31.3. The van der Waals surface area contributed by atoms with Crippen LogP contribution in [0.15, 0.2) is 24.3 Å². The number of nitrogens with two attached hydrogens (primary N) is 1. The van der Waals surface area contributed by atoms with E-state index >= 15 is 0 Å². The van der Waals surface area contributed by atoms with Crippen LogP contribution in [0.2, 0.25) is 0 Å². The van der Waals surface area contributed by atoms with Gasteiger partial charge in [-0.3, -0.25) is 4.79 Å². The van der Waals surface area contributed by atoms with E-state index < -0.39 is 37.3 Å². The minimum atomic E-state index is -1.28. The Bertz CT molecular complexity index is 507. The van der Waals surface area contributed by atoms with Gasteiger partial charge in [-0.25, -0.2) is 0 Å². The Morgan fingerprint density at radius 1 is 1.32 bits per heavy atom. The molecule has 122 valence electrons. The van der Waals surface area contributed by atoms with Crippen molar-refractivity contribution in [3.63, 3.8) is 0 Å². The molecule has 1 amide bonds. The molecule has 1 aromatic rings. The van der Waals surface area contributed by atoms with Crippen LogP contribution in [-0.2, 0) is 9.53 Å². The predicted octanol–water partition coefficient (Wildman–Crippen LogP) is -1.21. The first kappa shape index (κ1) is 16.7. The molecule has 1 heterocycles. The molecule has 0 saturated carbocycles. The van der Waals surface area contributed by atoms with Crippen LogP contribution in [0.1, 0.15) is 6.92 Å². The number of anilines is 1. The van der Waals surface area contributed by atoms with Crippen molar-refractivity contribution in [1.29, 1.82) is 0 Å². The second kappa shape index (κ2) is 7.03. The van der Waals surface area contributed by atoms with Crippen molar-refractivity contribution in [3.05, 3.63) is 24.3 Å². The molecule has 1 saturated heterocycles. The van der Waals surface area contributed by atoms with Crippen molar-refractivity contribution < 1.29 is 29.6 Å². The van der Waals surface area contributed by atoms with Gasteiger partial charge in [-0.1, -0.05) is 0 Å². The Morgan fingerprint density at radius 3 is 2.50 bits per heavy atom. The predicted molar refractivity (Wildman–Crippen MR) is 77.1 cm³/mol. The summed E-state index contributed by atoms with van der Waals surface area (Å²) in [5.74, 6) is 0.226. The highest BCUT2D eigenvalue weighted by molar-refractivity contribution is 5.88. The number of rotatable bonds is 4. The molecule has 2 rings (SSSR count). The number of aliphatic hydroxyl groups is 3. The van der Waals surface area contributed by atoms with Crippen molar-refractivity contribution in [1.82, 2.24) is 0 Å². The Balaban J connectivity index is 2.04. The summed E-state index contributed by atoms with van der Waals surface area (Å²) in [6.07, 6.45) is -4.53. The van der Waals surface area contributed by atoms with E-state index in [9.17, 15) is 15.0 Å². The fraction of sp³-hybridized carbons (Fsp3) is 0.500. The molecule has 5 atom stereocenters. The normalized spacial score (nSPS) is 31.6. The van der Waals surface area contributed by atoms with Gasteiger partial charge in [-0.05, 0) is 24.3 Å². The lowest BCUT2D eigenvalue weighted by atomic mass is 9.98. The quantitative estimate of drug-likeness (QED) is 0.471. The summed E-state index contributed by atoms with van der Waals surface area (Å²) in [6.45, 7) is 0.938. The van der Waals surface area contributed by atoms with Gasteiger partial charge >= 0.3 is 0 Å². The smallest absolute Gasteiger partial charge is 0.221 e. The zero-order chi connectivity index (χ0) is 16.3. The molecule has 1 aliphatic rings. The molecule has 0 aliphatic carbocycles. The highest BCUT2D eigenvalue weighted by Gasteiger charge is 2.43. The number of hydrogen-bond acceptors (Lipinski definition) is 7. The SMILES string of the molecule is CC(=O)Nc1ccc(OC2OC(CO)C(O)C(O)C2N)cc1. The lowest BCUT2D eigenvalue weighted by Crippen LogP contribution is -2.63. The molecular weight excluding hydrogens is 292 g/mol. The standard InChI is InChI=1S/C14H20N2O6/c1-7(18)16-8-2-4-9(5-3-8)21-14-11(15)13(20)12(19)10(6-17)22-14/h2-5,10-14,17,19-20H,6,15H2,1H3,(H,16,18). The second-order valence-corrected chi connectivity index (χ2v) is 5.11. The van der Waals surface area contributed by atoms with Crippen molar-refractivity contribution in [2.75, 3.05) is 11.9 Å². The number of ether oxygens (including phenoxy) is 2. The maximum absolute atomic E-state index is 10.9. The Labute approximate surface area is 127 Å². The monoisotopic (exact) mass is 312 g/mol. The molecule has 8 nitrogen and oxygen atoms in total. The van der Waals surface area contributed by atoms with E-state index in [0.717, 1.165) is 0 Å². The Hall–Kier alpha value is -1.71. The average Bonchev–Trinajstić information content (AvgIpc) is 2.49. The van der Waals surface area contributed by atoms with E-state index in [2.05, 4.69) is 5.32 Å². The molecule has 0 bridgehead atoms. The van der Waals surface area contributed by atoms with Gasteiger partial charge in [0, 0.05) is 12.6 Å². The van der Waals surface area contributed by atoms with E-state index in [1.54, 1.807) is 24.3 Å². The van der Waals surface area contributed by atoms with E-state index in [-0.39, 0.29) is 5.91 Å². The molecule has 6 N–H and O–H groups in total. The first-order valence-corrected chi connectivity index (χ1v) is 6.84. The van der Waals surface area contributed by atoms with Crippen LogP contribution in [0.5, 0.6) is 5.75 Å². The minimum Gasteiger partial charge on any atom is -0.463 e. The number of amides is 1. The number of carbonyl (C=O) groups is 1. The van der Waals surface area contributed by atoms with Crippen LogP contribution in [0.4, 0.5) is 5.69 Å². The second-order valence-electron chi connectivity index (χ2n) is 5.11. The molecule has 1 fully saturated rings. The molecule has 0 aromatic heterocycles. The molecule has 1 aliphatic heterocycles. The molecule has 1 aromatic carbocycles. The largest absolute Gasteiger partial charge is 0.463 e. The third-order valence-corrected chi connectivity index (χ3v) is 3.36. The third-order valence-electron chi connectivity index (χ3n) is 3.36. The van der Waals surface area contributed by atoms with Gasteiger partial charge in [-0.2, -0.15) is 0 Å². The summed E-state index contributed by atoms with van der Waals surface area (Å²) in [7, 11) is 0. The van der Waals surface area contributed by atoms with Gasteiger partial charge in [0.25, 0.3) is 0 Å². The zero-order valence-corrected chi connectivity index (χ0v) is 12.0. The van der Waals surface area contributed by atoms with Crippen LogP contribution >= 0.6 is 0 Å². The summed E-state index contributed by atoms with van der Waals surface area (Å²) in [5.41, 5.74) is 6.38. The molecule has 5 unspecified atom stereocenters. The van der Waals surface area contributed by atoms with Crippen LogP contribution in [0, 0.1) is 0 Å². The fourth-order valence-electron chi connectivity index (χ4n) is 2.16. The van der Waals surface area contributed by atoms with Crippen molar-refractivity contribution in [3.8, 4) is 5.75 Å². The highest BCUT2D eigenvalue weighted by atomic mass is 16.7. The number of carbonyl (C=O) groups excluding carboxylic acids is 1. The molecule has 8 heteroatoms. The summed E-state index contributed by atoms with van der Waals surface area (Å²) < 4.78 is 10.9. The average molecular weight is 312 g/mol. The topological polar surface area (TPSA) is 134 Å². The Kier molecular flexibility index (Phi) is 5.33. The first-order chi connectivity index (χ1) is 10.4. The number of nitrogens with one attached hydrogen (secondary N) is 1. The molecule has 0 radical (unpaired) electrons. The van der Waals surface area contributed by atoms with Gasteiger partial charge in [0.05, 0.1) is 12.6 Å². The Morgan fingerprint density at radius 2 is 1.95 bits per heavy atom. The summed E-state index contributed by atoms with van der Waals surface area (Å²) >= 11 is 0. The number of benzene rings is 1. The molecule has 0 spiro atoms. The molecule has 22 heavy (non-hydrogen) atoms. The number of hydrogen-bond donors (Lipinski definition) is 5. The minimum absolute atomic E-state index is 0.186. The van der Waals surface area contributed by atoms with E-state index in [1.165, 1.54) is 6.92 Å². The van der Waals surface area contributed by atoms with Crippen LogP contribution in [0.3, 0.4) is 0 Å². The number of aliphatic hydroxyl groups excluding tert-OH is 3. The molecular formula is C14H20N2O6. The van der Waals surface area contributed by atoms with Crippen molar-refractivity contribution in [2.45, 2.75) is 37.6 Å². The first-order valence-electron chi connectivity index (χ1n) is 6.84. The van der Waals surface area contributed by atoms with E-state index in [1.807, 2.05) is 0 Å². The van der Waals surface area contributed by atoms with Crippen molar-refractivity contribution in [2.24, 2.45) is 5.73 Å². The zero-order valence-electron chi connectivity index (χ0n) is 12.0. The lowest BCUT2D eigenvalue weighted by molar-refractivity contribution is -0.239. The summed E-state index contributed by atoms with van der Waals surface area (Å²) in [4.78, 5) is 10.9. The lowest BCUT2D eigenvalue weighted by Gasteiger charge is -2.40. The van der Waals surface area contributed by atoms with Gasteiger partial charge in [0.2, 0.25) is 12.2 Å². The summed E-state index contributed by atoms with van der Waals surface area (Å²) in [6, 6.07) is 5.52. The maximum atomic E-state index is 10.9. The van der Waals surface area contributed by atoms with Crippen LogP contribution < -0.4 is 15.8 Å². The fourth-order valence-corrected chi connectivity index (χ4v) is 2.16. The van der Waals surface area contributed by atoms with Gasteiger partial charge in [0.1, 0.15) is 24.1 Å². The highest BCUT2D eigenvalue weighted by Crippen LogP contribution is 2.24. The van der Waals surface area contributed by atoms with E-state index in [4.69, 9.17) is 20.3 Å². The van der Waals surface area contributed by atoms with Gasteiger partial charge in [0.15, 0.2) is 0 Å². The van der Waals surface area contributed by atoms with Crippen molar-refractivity contribution >= 4 is 11.6 Å². The van der Waals surface area contributed by atoms with Crippen LogP contribution in [-0.4, -0.2) is 58.5 Å². The van der Waals surface area contributed by atoms with Gasteiger partial charge < -0.3 is 35.8 Å². The van der Waals surface area contributed by atoms with Gasteiger partial charge in [-0.15, -0.1) is 0 Å². The maximum Gasteiger partial charge on any atom is 0.221 e.